The van der Waals surface area contributed by atoms with Crippen LogP contribution in [0.15, 0.2) is 35.5 Å². The van der Waals surface area contributed by atoms with Crippen molar-refractivity contribution in [1.82, 2.24) is 15.6 Å². The maximum Gasteiger partial charge on any atom is 0.191 e. The summed E-state index contributed by atoms with van der Waals surface area (Å²) in [5.74, 6) is 1.69. The van der Waals surface area contributed by atoms with E-state index in [1.807, 2.05) is 31.3 Å². The van der Waals surface area contributed by atoms with E-state index in [9.17, 15) is 0 Å². The lowest BCUT2D eigenvalue weighted by Gasteiger charge is -2.10. The molecule has 0 saturated heterocycles. The van der Waals surface area contributed by atoms with E-state index in [0.717, 1.165) is 35.2 Å². The highest BCUT2D eigenvalue weighted by molar-refractivity contribution is 7.11. The van der Waals surface area contributed by atoms with Gasteiger partial charge in [-0.2, -0.15) is 0 Å². The Morgan fingerprint density at radius 3 is 2.83 bits per heavy atom. The fourth-order valence-corrected chi connectivity index (χ4v) is 2.97. The summed E-state index contributed by atoms with van der Waals surface area (Å²) in [6, 6.07) is 8.06. The van der Waals surface area contributed by atoms with Crippen molar-refractivity contribution >= 4 is 17.3 Å². The standard InChI is InChI=1S/C18H26N4OS/c1-4-16-12-20-17(24-16)13-22-18(19-5-2)21-11-14-8-7-9-15(10-14)23-6-3/h7-10,12H,4-6,11,13H2,1-3H3,(H2,19,21,22). The van der Waals surface area contributed by atoms with Crippen LogP contribution in [-0.4, -0.2) is 24.1 Å². The van der Waals surface area contributed by atoms with Gasteiger partial charge in [0.05, 0.1) is 19.7 Å². The average molecular weight is 347 g/mol. The lowest BCUT2D eigenvalue weighted by molar-refractivity contribution is 0.340. The Hall–Kier alpha value is -2.08. The first kappa shape index (κ1) is 18.3. The summed E-state index contributed by atoms with van der Waals surface area (Å²) in [5, 5.41) is 7.69. The van der Waals surface area contributed by atoms with E-state index >= 15 is 0 Å². The smallest absolute Gasteiger partial charge is 0.191 e. The molecule has 2 rings (SSSR count). The van der Waals surface area contributed by atoms with E-state index in [-0.39, 0.29) is 0 Å². The van der Waals surface area contributed by atoms with E-state index in [0.29, 0.717) is 19.7 Å². The van der Waals surface area contributed by atoms with Crippen molar-refractivity contribution in [2.24, 2.45) is 4.99 Å². The van der Waals surface area contributed by atoms with Gasteiger partial charge in [-0.05, 0) is 38.0 Å². The molecule has 0 spiro atoms. The molecule has 0 amide bonds. The molecule has 0 fully saturated rings. The third-order valence-electron chi connectivity index (χ3n) is 3.33. The van der Waals surface area contributed by atoms with Crippen LogP contribution in [0.3, 0.4) is 0 Å². The highest BCUT2D eigenvalue weighted by Crippen LogP contribution is 2.14. The van der Waals surface area contributed by atoms with E-state index in [1.54, 1.807) is 11.3 Å². The summed E-state index contributed by atoms with van der Waals surface area (Å²) < 4.78 is 5.53. The molecule has 0 bridgehead atoms. The Balaban J connectivity index is 1.95. The number of aromatic nitrogens is 1. The van der Waals surface area contributed by atoms with E-state index in [4.69, 9.17) is 4.74 Å². The molecule has 1 heterocycles. The summed E-state index contributed by atoms with van der Waals surface area (Å²) in [6.07, 6.45) is 2.98. The molecule has 1 aromatic carbocycles. The van der Waals surface area contributed by atoms with Crippen LogP contribution < -0.4 is 15.4 Å². The van der Waals surface area contributed by atoms with Crippen LogP contribution in [-0.2, 0) is 19.5 Å². The summed E-state index contributed by atoms with van der Waals surface area (Å²) in [7, 11) is 0. The predicted octanol–water partition coefficient (Wildman–Crippen LogP) is 3.36. The number of aliphatic imine (C=N–C) groups is 1. The SMILES string of the molecule is CCNC(=NCc1cccc(OCC)c1)NCc1ncc(CC)s1. The number of benzene rings is 1. The number of ether oxygens (including phenoxy) is 1. The lowest BCUT2D eigenvalue weighted by atomic mass is 10.2. The van der Waals surface area contributed by atoms with Crippen molar-refractivity contribution in [3.05, 3.63) is 45.9 Å². The van der Waals surface area contributed by atoms with E-state index in [2.05, 4.69) is 40.5 Å². The molecule has 130 valence electrons. The first-order chi connectivity index (χ1) is 11.7. The Kier molecular flexibility index (Phi) is 7.55. The fourth-order valence-electron chi connectivity index (χ4n) is 2.16. The van der Waals surface area contributed by atoms with E-state index < -0.39 is 0 Å². The maximum absolute atomic E-state index is 5.53. The second-order valence-corrected chi connectivity index (χ2v) is 6.40. The maximum atomic E-state index is 5.53. The molecule has 1 aromatic heterocycles. The normalized spacial score (nSPS) is 11.4. The van der Waals surface area contributed by atoms with Crippen LogP contribution >= 0.6 is 11.3 Å². The average Bonchev–Trinajstić information content (AvgIpc) is 3.06. The van der Waals surface area contributed by atoms with Crippen molar-refractivity contribution in [2.45, 2.75) is 40.3 Å². The van der Waals surface area contributed by atoms with Crippen LogP contribution in [0, 0.1) is 0 Å². The zero-order chi connectivity index (χ0) is 17.2. The van der Waals surface area contributed by atoms with Crippen molar-refractivity contribution in [3.8, 4) is 5.75 Å². The summed E-state index contributed by atoms with van der Waals surface area (Å²) in [5.41, 5.74) is 1.13. The molecule has 6 heteroatoms. The molecular weight excluding hydrogens is 320 g/mol. The third kappa shape index (κ3) is 5.85. The van der Waals surface area contributed by atoms with Gasteiger partial charge >= 0.3 is 0 Å². The molecule has 24 heavy (non-hydrogen) atoms. The number of guanidine groups is 1. The number of rotatable bonds is 8. The van der Waals surface area contributed by atoms with E-state index in [1.165, 1.54) is 4.88 Å². The van der Waals surface area contributed by atoms with Gasteiger partial charge < -0.3 is 15.4 Å². The van der Waals surface area contributed by atoms with Crippen molar-refractivity contribution < 1.29 is 4.74 Å². The topological polar surface area (TPSA) is 58.5 Å². The Morgan fingerprint density at radius 1 is 1.25 bits per heavy atom. The molecule has 0 aliphatic heterocycles. The summed E-state index contributed by atoms with van der Waals surface area (Å²) in [6.45, 7) is 8.98. The molecule has 0 unspecified atom stereocenters. The molecule has 0 atom stereocenters. The van der Waals surface area contributed by atoms with Crippen LogP contribution in [0.1, 0.15) is 36.2 Å². The van der Waals surface area contributed by atoms with Crippen LogP contribution in [0.2, 0.25) is 0 Å². The van der Waals surface area contributed by atoms with Gasteiger partial charge in [0.1, 0.15) is 10.8 Å². The van der Waals surface area contributed by atoms with Gasteiger partial charge in [-0.25, -0.2) is 9.98 Å². The highest BCUT2D eigenvalue weighted by atomic mass is 32.1. The molecule has 2 aromatic rings. The van der Waals surface area contributed by atoms with Gasteiger partial charge in [0, 0.05) is 17.6 Å². The quantitative estimate of drug-likeness (QED) is 0.568. The number of thiazole rings is 1. The zero-order valence-electron chi connectivity index (χ0n) is 14.6. The predicted molar refractivity (Wildman–Crippen MR) is 101 cm³/mol. The molecule has 5 nitrogen and oxygen atoms in total. The minimum absolute atomic E-state index is 0.605. The van der Waals surface area contributed by atoms with Gasteiger partial charge in [-0.3, -0.25) is 0 Å². The third-order valence-corrected chi connectivity index (χ3v) is 4.47. The van der Waals surface area contributed by atoms with Crippen LogP contribution in [0.4, 0.5) is 0 Å². The zero-order valence-corrected chi connectivity index (χ0v) is 15.4. The van der Waals surface area contributed by atoms with Gasteiger partial charge in [0.15, 0.2) is 5.96 Å². The molecule has 2 N–H and O–H groups in total. The lowest BCUT2D eigenvalue weighted by Crippen LogP contribution is -2.36. The molecular formula is C18H26N4OS. The Bertz CT molecular complexity index is 654. The number of nitrogens with zero attached hydrogens (tertiary/aromatic N) is 2. The molecule has 0 radical (unpaired) electrons. The molecule has 0 aliphatic carbocycles. The van der Waals surface area contributed by atoms with Crippen LogP contribution in [0.25, 0.3) is 0 Å². The van der Waals surface area contributed by atoms with Crippen molar-refractivity contribution in [3.63, 3.8) is 0 Å². The minimum Gasteiger partial charge on any atom is -0.494 e. The first-order valence-corrected chi connectivity index (χ1v) is 9.24. The highest BCUT2D eigenvalue weighted by Gasteiger charge is 2.03. The largest absolute Gasteiger partial charge is 0.494 e. The summed E-state index contributed by atoms with van der Waals surface area (Å²) in [4.78, 5) is 10.4. The van der Waals surface area contributed by atoms with Gasteiger partial charge in [-0.15, -0.1) is 11.3 Å². The monoisotopic (exact) mass is 346 g/mol. The summed E-state index contributed by atoms with van der Waals surface area (Å²) >= 11 is 1.74. The number of hydrogen-bond acceptors (Lipinski definition) is 4. The number of nitrogens with one attached hydrogen (secondary N) is 2. The Morgan fingerprint density at radius 2 is 2.12 bits per heavy atom. The molecule has 0 aliphatic rings. The number of aryl methyl sites for hydroxylation is 1. The van der Waals surface area contributed by atoms with Crippen LogP contribution in [0.5, 0.6) is 5.75 Å². The first-order valence-electron chi connectivity index (χ1n) is 8.42. The Labute approximate surface area is 148 Å². The van der Waals surface area contributed by atoms with Crippen molar-refractivity contribution in [1.29, 1.82) is 0 Å². The minimum atomic E-state index is 0.605. The van der Waals surface area contributed by atoms with Gasteiger partial charge in [0.2, 0.25) is 0 Å². The van der Waals surface area contributed by atoms with Crippen molar-refractivity contribution in [2.75, 3.05) is 13.2 Å². The number of hydrogen-bond donors (Lipinski definition) is 2. The second kappa shape index (κ2) is 9.93. The fraction of sp³-hybridized carbons (Fsp3) is 0.444. The van der Waals surface area contributed by atoms with Gasteiger partial charge in [0.25, 0.3) is 0 Å². The second-order valence-electron chi connectivity index (χ2n) is 5.20. The van der Waals surface area contributed by atoms with Gasteiger partial charge in [-0.1, -0.05) is 19.1 Å². The molecule has 0 saturated carbocycles.